The second kappa shape index (κ2) is 7.23. The number of anilines is 1. The standard InChI is InChI=1S/C13H13N3O4S2/c1-7-15-16-13(22-7)21-6-11(17)14-9-5-8(12(18)19)3-4-10(9)20-2/h3-5H,6H2,1-2H3,(H,14,17)(H,18,19). The average Bonchev–Trinajstić information content (AvgIpc) is 2.90. The van der Waals surface area contributed by atoms with Crippen molar-refractivity contribution in [3.05, 3.63) is 28.8 Å². The number of amides is 1. The highest BCUT2D eigenvalue weighted by Crippen LogP contribution is 2.27. The molecule has 2 aromatic rings. The molecular formula is C13H13N3O4S2. The maximum absolute atomic E-state index is 12.0. The van der Waals surface area contributed by atoms with Crippen molar-refractivity contribution in [2.24, 2.45) is 0 Å². The quantitative estimate of drug-likeness (QED) is 0.779. The number of rotatable bonds is 6. The molecule has 1 heterocycles. The molecule has 0 spiro atoms. The number of aryl methyl sites for hydroxylation is 1. The Morgan fingerprint density at radius 2 is 2.18 bits per heavy atom. The van der Waals surface area contributed by atoms with Crippen molar-refractivity contribution in [3.63, 3.8) is 0 Å². The molecule has 116 valence electrons. The third-order valence-corrected chi connectivity index (χ3v) is 4.53. The number of methoxy groups -OCH3 is 1. The number of benzene rings is 1. The first kappa shape index (κ1) is 16.2. The Bertz CT molecular complexity index is 702. The first-order valence-electron chi connectivity index (χ1n) is 6.13. The Hall–Kier alpha value is -2.13. The zero-order valence-corrected chi connectivity index (χ0v) is 13.5. The summed E-state index contributed by atoms with van der Waals surface area (Å²) in [7, 11) is 1.45. The van der Waals surface area contributed by atoms with Crippen molar-refractivity contribution >= 4 is 40.7 Å². The number of thioether (sulfide) groups is 1. The van der Waals surface area contributed by atoms with E-state index in [-0.39, 0.29) is 17.2 Å². The Balaban J connectivity index is 2.03. The van der Waals surface area contributed by atoms with Crippen LogP contribution in [0.4, 0.5) is 5.69 Å². The summed E-state index contributed by atoms with van der Waals surface area (Å²) in [5, 5.41) is 20.2. The third kappa shape index (κ3) is 4.18. The van der Waals surface area contributed by atoms with E-state index >= 15 is 0 Å². The third-order valence-electron chi connectivity index (χ3n) is 2.55. The first-order chi connectivity index (χ1) is 10.5. The molecule has 9 heteroatoms. The van der Waals surface area contributed by atoms with Gasteiger partial charge in [-0.1, -0.05) is 23.1 Å². The predicted octanol–water partition coefficient (Wildman–Crippen LogP) is 2.28. The van der Waals surface area contributed by atoms with Gasteiger partial charge in [0.2, 0.25) is 5.91 Å². The number of nitrogens with one attached hydrogen (secondary N) is 1. The highest BCUT2D eigenvalue weighted by Gasteiger charge is 2.12. The zero-order valence-electron chi connectivity index (χ0n) is 11.8. The highest BCUT2D eigenvalue weighted by molar-refractivity contribution is 8.01. The summed E-state index contributed by atoms with van der Waals surface area (Å²) >= 11 is 2.68. The monoisotopic (exact) mass is 339 g/mol. The smallest absolute Gasteiger partial charge is 0.335 e. The van der Waals surface area contributed by atoms with E-state index in [1.54, 1.807) is 0 Å². The van der Waals surface area contributed by atoms with Crippen LogP contribution in [0.1, 0.15) is 15.4 Å². The van der Waals surface area contributed by atoms with Crippen LogP contribution in [0.2, 0.25) is 0 Å². The van der Waals surface area contributed by atoms with Gasteiger partial charge >= 0.3 is 5.97 Å². The molecule has 0 atom stereocenters. The van der Waals surface area contributed by atoms with Gasteiger partial charge in [0.25, 0.3) is 0 Å². The first-order valence-corrected chi connectivity index (χ1v) is 7.94. The lowest BCUT2D eigenvalue weighted by Gasteiger charge is -2.10. The van der Waals surface area contributed by atoms with E-state index in [0.717, 1.165) is 5.01 Å². The van der Waals surface area contributed by atoms with E-state index < -0.39 is 5.97 Å². The lowest BCUT2D eigenvalue weighted by molar-refractivity contribution is -0.113. The lowest BCUT2D eigenvalue weighted by Crippen LogP contribution is -2.15. The fourth-order valence-corrected chi connectivity index (χ4v) is 3.20. The molecule has 0 bridgehead atoms. The summed E-state index contributed by atoms with van der Waals surface area (Å²) in [6, 6.07) is 4.27. The van der Waals surface area contributed by atoms with Crippen LogP contribution in [0.15, 0.2) is 22.5 Å². The SMILES string of the molecule is COc1ccc(C(=O)O)cc1NC(=O)CSc1nnc(C)s1. The van der Waals surface area contributed by atoms with E-state index in [0.29, 0.717) is 15.8 Å². The van der Waals surface area contributed by atoms with Crippen molar-refractivity contribution in [2.75, 3.05) is 18.2 Å². The number of ether oxygens (including phenoxy) is 1. The summed E-state index contributed by atoms with van der Waals surface area (Å²) < 4.78 is 5.82. The molecular weight excluding hydrogens is 326 g/mol. The van der Waals surface area contributed by atoms with E-state index in [9.17, 15) is 9.59 Å². The van der Waals surface area contributed by atoms with E-state index in [1.165, 1.54) is 48.4 Å². The molecule has 1 amide bonds. The van der Waals surface area contributed by atoms with Crippen LogP contribution in [-0.2, 0) is 4.79 Å². The minimum absolute atomic E-state index is 0.0727. The summed E-state index contributed by atoms with van der Waals surface area (Å²) in [6.07, 6.45) is 0. The van der Waals surface area contributed by atoms with Gasteiger partial charge in [0.05, 0.1) is 24.1 Å². The molecule has 0 aliphatic heterocycles. The Morgan fingerprint density at radius 1 is 1.41 bits per heavy atom. The maximum atomic E-state index is 12.0. The molecule has 2 N–H and O–H groups in total. The molecule has 0 saturated heterocycles. The Labute approximate surface area is 134 Å². The minimum Gasteiger partial charge on any atom is -0.495 e. The van der Waals surface area contributed by atoms with Crippen molar-refractivity contribution in [3.8, 4) is 5.75 Å². The predicted molar refractivity (Wildman–Crippen MR) is 84.0 cm³/mol. The fraction of sp³-hybridized carbons (Fsp3) is 0.231. The number of nitrogens with zero attached hydrogens (tertiary/aromatic N) is 2. The van der Waals surface area contributed by atoms with Gasteiger partial charge in [0.1, 0.15) is 10.8 Å². The van der Waals surface area contributed by atoms with Gasteiger partial charge in [-0.3, -0.25) is 4.79 Å². The molecule has 2 rings (SSSR count). The van der Waals surface area contributed by atoms with Crippen molar-refractivity contribution in [1.29, 1.82) is 0 Å². The number of hydrogen-bond donors (Lipinski definition) is 2. The second-order valence-corrected chi connectivity index (χ2v) is 6.55. The summed E-state index contributed by atoms with van der Waals surface area (Å²) in [5.74, 6) is -0.805. The number of carbonyl (C=O) groups is 2. The molecule has 1 aromatic heterocycles. The van der Waals surface area contributed by atoms with Gasteiger partial charge in [-0.05, 0) is 25.1 Å². The maximum Gasteiger partial charge on any atom is 0.335 e. The Morgan fingerprint density at radius 3 is 2.77 bits per heavy atom. The Kier molecular flexibility index (Phi) is 5.34. The number of carboxylic acids is 1. The number of aromatic carboxylic acids is 1. The molecule has 0 radical (unpaired) electrons. The lowest BCUT2D eigenvalue weighted by atomic mass is 10.2. The van der Waals surface area contributed by atoms with Crippen LogP contribution in [0, 0.1) is 6.92 Å². The van der Waals surface area contributed by atoms with Crippen molar-refractivity contribution in [2.45, 2.75) is 11.3 Å². The van der Waals surface area contributed by atoms with Crippen LogP contribution >= 0.6 is 23.1 Å². The van der Waals surface area contributed by atoms with Gasteiger partial charge in [0.15, 0.2) is 4.34 Å². The summed E-state index contributed by atoms with van der Waals surface area (Å²) in [5.41, 5.74) is 0.393. The normalized spacial score (nSPS) is 10.3. The number of carboxylic acid groups (broad SMARTS) is 1. The van der Waals surface area contributed by atoms with E-state index in [1.807, 2.05) is 6.92 Å². The van der Waals surface area contributed by atoms with Crippen molar-refractivity contribution in [1.82, 2.24) is 10.2 Å². The molecule has 1 aromatic carbocycles. The van der Waals surface area contributed by atoms with Crippen LogP contribution in [0.3, 0.4) is 0 Å². The molecule has 0 unspecified atom stereocenters. The minimum atomic E-state index is -1.07. The highest BCUT2D eigenvalue weighted by atomic mass is 32.2. The van der Waals surface area contributed by atoms with Gasteiger partial charge in [-0.2, -0.15) is 0 Å². The van der Waals surface area contributed by atoms with Gasteiger partial charge in [0, 0.05) is 0 Å². The molecule has 22 heavy (non-hydrogen) atoms. The van der Waals surface area contributed by atoms with Gasteiger partial charge in [-0.25, -0.2) is 4.79 Å². The molecule has 0 aliphatic rings. The summed E-state index contributed by atoms with van der Waals surface area (Å²) in [4.78, 5) is 22.9. The largest absolute Gasteiger partial charge is 0.495 e. The average molecular weight is 339 g/mol. The number of aromatic nitrogens is 2. The van der Waals surface area contributed by atoms with Gasteiger partial charge in [-0.15, -0.1) is 10.2 Å². The van der Waals surface area contributed by atoms with E-state index in [4.69, 9.17) is 9.84 Å². The molecule has 0 saturated carbocycles. The second-order valence-electron chi connectivity index (χ2n) is 4.14. The molecule has 0 aliphatic carbocycles. The van der Waals surface area contributed by atoms with Crippen LogP contribution < -0.4 is 10.1 Å². The summed E-state index contributed by atoms with van der Waals surface area (Å²) in [6.45, 7) is 1.84. The van der Waals surface area contributed by atoms with Crippen LogP contribution in [0.25, 0.3) is 0 Å². The van der Waals surface area contributed by atoms with Crippen molar-refractivity contribution < 1.29 is 19.4 Å². The van der Waals surface area contributed by atoms with Crippen LogP contribution in [0.5, 0.6) is 5.75 Å². The molecule has 0 fully saturated rings. The van der Waals surface area contributed by atoms with Crippen LogP contribution in [-0.4, -0.2) is 40.0 Å². The topological polar surface area (TPSA) is 101 Å². The van der Waals surface area contributed by atoms with Gasteiger partial charge < -0.3 is 15.2 Å². The van der Waals surface area contributed by atoms with E-state index in [2.05, 4.69) is 15.5 Å². The number of hydrogen-bond acceptors (Lipinski definition) is 7. The fourth-order valence-electron chi connectivity index (χ4n) is 1.59. The zero-order chi connectivity index (χ0) is 16.1. The number of carbonyl (C=O) groups excluding carboxylic acids is 1. The molecule has 7 nitrogen and oxygen atoms in total.